The van der Waals surface area contributed by atoms with E-state index in [0.717, 1.165) is 0 Å². The van der Waals surface area contributed by atoms with Gasteiger partial charge in [-0.05, 0) is 36.6 Å². The summed E-state index contributed by atoms with van der Waals surface area (Å²) in [7, 11) is -2.05. The molecule has 0 aliphatic heterocycles. The first-order valence-corrected chi connectivity index (χ1v) is 12.9. The molecule has 2 heterocycles. The fourth-order valence-corrected chi connectivity index (χ4v) is 4.68. The first-order valence-electron chi connectivity index (χ1n) is 11.5. The second-order valence-electron chi connectivity index (χ2n) is 8.41. The summed E-state index contributed by atoms with van der Waals surface area (Å²) in [6.45, 7) is 5.27. The highest BCUT2D eigenvalue weighted by Crippen LogP contribution is 2.33. The number of hydrogen-bond acceptors (Lipinski definition) is 10. The second kappa shape index (κ2) is 12.3. The van der Waals surface area contributed by atoms with Gasteiger partial charge in [0.1, 0.15) is 4.90 Å². The molecule has 3 aromatic rings. The lowest BCUT2D eigenvalue weighted by Crippen LogP contribution is -2.39. The van der Waals surface area contributed by atoms with E-state index in [1.54, 1.807) is 37.3 Å². The number of carbonyl (C=O) groups excluding carboxylic acids is 2. The minimum Gasteiger partial charge on any atom is -0.478 e. The van der Waals surface area contributed by atoms with E-state index in [-0.39, 0.29) is 34.8 Å². The summed E-state index contributed by atoms with van der Waals surface area (Å²) in [5.41, 5.74) is 1.69. The monoisotopic (exact) mass is 540 g/mol. The number of sulfonamides is 1. The van der Waals surface area contributed by atoms with Gasteiger partial charge in [-0.15, -0.1) is 4.31 Å². The molecule has 2 aromatic heterocycles. The number of aryl methyl sites for hydroxylation is 1. The van der Waals surface area contributed by atoms with Gasteiger partial charge in [-0.25, -0.2) is 28.0 Å². The van der Waals surface area contributed by atoms with E-state index in [0.29, 0.717) is 21.1 Å². The highest BCUT2D eigenvalue weighted by molar-refractivity contribution is 7.93. The number of benzene rings is 1. The standard InChI is InChI=1S/C26H28N4O7S/c1-17(2)16-37-26(32)30(24-25(36-5)29-18(3)15-28-24)38(33,34)21-7-6-14-27-23(21)20-11-8-19(9-12-20)10-13-22(31)35-4/h6-15,17H,16H2,1-5H3. The number of methoxy groups -OCH3 is 2. The number of anilines is 1. The Bertz CT molecular complexity index is 1440. The van der Waals surface area contributed by atoms with Crippen LogP contribution >= 0.6 is 0 Å². The van der Waals surface area contributed by atoms with Crippen LogP contribution in [0.25, 0.3) is 17.3 Å². The minimum absolute atomic E-state index is 0.0209. The number of esters is 1. The van der Waals surface area contributed by atoms with Crippen molar-refractivity contribution in [2.24, 2.45) is 5.92 Å². The molecule has 0 bridgehead atoms. The van der Waals surface area contributed by atoms with Crippen molar-refractivity contribution in [3.05, 3.63) is 66.1 Å². The van der Waals surface area contributed by atoms with Crippen molar-refractivity contribution in [1.29, 1.82) is 0 Å². The number of ether oxygens (including phenoxy) is 3. The number of rotatable bonds is 9. The van der Waals surface area contributed by atoms with Gasteiger partial charge in [0.05, 0.1) is 38.4 Å². The third-order valence-electron chi connectivity index (χ3n) is 5.02. The second-order valence-corrected chi connectivity index (χ2v) is 10.2. The van der Waals surface area contributed by atoms with Crippen LogP contribution in [-0.4, -0.2) is 56.3 Å². The average Bonchev–Trinajstić information content (AvgIpc) is 2.91. The molecule has 3 rings (SSSR count). The molecule has 11 nitrogen and oxygen atoms in total. The molecule has 0 fully saturated rings. The van der Waals surface area contributed by atoms with Crippen LogP contribution in [0.4, 0.5) is 10.6 Å². The Labute approximate surface area is 221 Å². The molecule has 0 unspecified atom stereocenters. The van der Waals surface area contributed by atoms with Gasteiger partial charge in [-0.2, -0.15) is 0 Å². The largest absolute Gasteiger partial charge is 0.478 e. The lowest BCUT2D eigenvalue weighted by Gasteiger charge is -2.23. The summed E-state index contributed by atoms with van der Waals surface area (Å²) in [6, 6.07) is 9.43. The summed E-state index contributed by atoms with van der Waals surface area (Å²) in [5.74, 6) is -1.06. The van der Waals surface area contributed by atoms with Crippen molar-refractivity contribution in [1.82, 2.24) is 15.0 Å². The van der Waals surface area contributed by atoms with Gasteiger partial charge >= 0.3 is 12.1 Å². The lowest BCUT2D eigenvalue weighted by atomic mass is 10.1. The van der Waals surface area contributed by atoms with Crippen LogP contribution in [-0.2, 0) is 24.3 Å². The molecule has 0 aliphatic rings. The lowest BCUT2D eigenvalue weighted by molar-refractivity contribution is -0.134. The fraction of sp³-hybridized carbons (Fsp3) is 0.269. The van der Waals surface area contributed by atoms with Gasteiger partial charge in [0.2, 0.25) is 5.82 Å². The van der Waals surface area contributed by atoms with Crippen molar-refractivity contribution < 1.29 is 32.2 Å². The van der Waals surface area contributed by atoms with Crippen LogP contribution in [0.15, 0.2) is 59.8 Å². The normalized spacial score (nSPS) is 11.4. The smallest absolute Gasteiger partial charge is 0.430 e. The van der Waals surface area contributed by atoms with Gasteiger partial charge in [0.25, 0.3) is 15.9 Å². The molecule has 0 saturated heterocycles. The van der Waals surface area contributed by atoms with Gasteiger partial charge < -0.3 is 14.2 Å². The van der Waals surface area contributed by atoms with Crippen LogP contribution in [0.5, 0.6) is 5.88 Å². The van der Waals surface area contributed by atoms with Crippen molar-refractivity contribution in [3.63, 3.8) is 0 Å². The SMILES string of the molecule is COC(=O)C=Cc1ccc(-c2ncccc2S(=O)(=O)N(C(=O)OCC(C)C)c2ncc(C)nc2OC)cc1. The van der Waals surface area contributed by atoms with Crippen LogP contribution < -0.4 is 9.04 Å². The Morgan fingerprint density at radius 3 is 2.42 bits per heavy atom. The zero-order valence-corrected chi connectivity index (χ0v) is 22.4. The topological polar surface area (TPSA) is 138 Å². The Morgan fingerprint density at radius 1 is 1.08 bits per heavy atom. The molecule has 0 atom stereocenters. The van der Waals surface area contributed by atoms with E-state index < -0.39 is 22.1 Å². The van der Waals surface area contributed by atoms with Crippen molar-refractivity contribution in [2.75, 3.05) is 25.1 Å². The Kier molecular flexibility index (Phi) is 9.13. The molecule has 0 aliphatic carbocycles. The van der Waals surface area contributed by atoms with E-state index in [1.165, 1.54) is 44.8 Å². The molecular formula is C26H28N4O7S. The molecule has 0 saturated carbocycles. The van der Waals surface area contributed by atoms with E-state index in [1.807, 2.05) is 13.8 Å². The number of aromatic nitrogens is 3. The summed E-state index contributed by atoms with van der Waals surface area (Å²) >= 11 is 0. The molecule has 1 aromatic carbocycles. The Morgan fingerprint density at radius 2 is 1.79 bits per heavy atom. The highest BCUT2D eigenvalue weighted by atomic mass is 32.2. The maximum Gasteiger partial charge on any atom is 0.430 e. The number of pyridine rings is 1. The summed E-state index contributed by atoms with van der Waals surface area (Å²) < 4.78 is 43.7. The summed E-state index contributed by atoms with van der Waals surface area (Å²) in [4.78, 5) is 36.9. The van der Waals surface area contributed by atoms with Gasteiger partial charge in [0, 0.05) is 17.8 Å². The van der Waals surface area contributed by atoms with Crippen molar-refractivity contribution in [3.8, 4) is 17.1 Å². The number of amides is 1. The number of nitrogens with zero attached hydrogens (tertiary/aromatic N) is 4. The first-order chi connectivity index (χ1) is 18.1. The maximum absolute atomic E-state index is 14.0. The molecular weight excluding hydrogens is 512 g/mol. The summed E-state index contributed by atoms with van der Waals surface area (Å²) in [6.07, 6.45) is 4.42. The molecule has 200 valence electrons. The van der Waals surface area contributed by atoms with Crippen LogP contribution in [0, 0.1) is 12.8 Å². The number of carbonyl (C=O) groups is 2. The van der Waals surface area contributed by atoms with E-state index in [4.69, 9.17) is 9.47 Å². The Balaban J connectivity index is 2.12. The molecule has 0 radical (unpaired) electrons. The maximum atomic E-state index is 14.0. The van der Waals surface area contributed by atoms with Gasteiger partial charge in [0.15, 0.2) is 0 Å². The molecule has 12 heteroatoms. The zero-order chi connectivity index (χ0) is 27.9. The first kappa shape index (κ1) is 28.3. The van der Waals surface area contributed by atoms with Crippen LogP contribution in [0.1, 0.15) is 25.1 Å². The molecule has 0 spiro atoms. The quantitative estimate of drug-likeness (QED) is 0.289. The van der Waals surface area contributed by atoms with Gasteiger partial charge in [-0.1, -0.05) is 38.1 Å². The third kappa shape index (κ3) is 6.51. The van der Waals surface area contributed by atoms with Crippen LogP contribution in [0.2, 0.25) is 0 Å². The van der Waals surface area contributed by atoms with E-state index in [2.05, 4.69) is 19.7 Å². The zero-order valence-electron chi connectivity index (χ0n) is 21.6. The third-order valence-corrected chi connectivity index (χ3v) is 6.71. The molecule has 1 amide bonds. The molecule has 38 heavy (non-hydrogen) atoms. The minimum atomic E-state index is -4.62. The van der Waals surface area contributed by atoms with E-state index >= 15 is 0 Å². The summed E-state index contributed by atoms with van der Waals surface area (Å²) in [5, 5.41) is 0. The predicted octanol–water partition coefficient (Wildman–Crippen LogP) is 4.03. The van der Waals surface area contributed by atoms with Crippen molar-refractivity contribution in [2.45, 2.75) is 25.7 Å². The number of hydrogen-bond donors (Lipinski definition) is 0. The van der Waals surface area contributed by atoms with Crippen molar-refractivity contribution >= 4 is 34.0 Å². The Hall–Kier alpha value is -4.32. The molecule has 0 N–H and O–H groups in total. The predicted molar refractivity (Wildman–Crippen MR) is 140 cm³/mol. The average molecular weight is 541 g/mol. The highest BCUT2D eigenvalue weighted by Gasteiger charge is 2.38. The van der Waals surface area contributed by atoms with E-state index in [9.17, 15) is 18.0 Å². The van der Waals surface area contributed by atoms with Gasteiger partial charge in [-0.3, -0.25) is 4.98 Å². The fourth-order valence-electron chi connectivity index (χ4n) is 3.22. The van der Waals surface area contributed by atoms with Crippen LogP contribution in [0.3, 0.4) is 0 Å².